The van der Waals surface area contributed by atoms with Crippen LogP contribution in [0.1, 0.15) is 48.6 Å². The summed E-state index contributed by atoms with van der Waals surface area (Å²) in [6, 6.07) is 0. The van der Waals surface area contributed by atoms with Crippen LogP contribution in [0.5, 0.6) is 5.75 Å². The number of hydrogen-bond acceptors (Lipinski definition) is 1. The molecule has 1 heteroatoms. The lowest BCUT2D eigenvalue weighted by Gasteiger charge is -2.19. The molecular weight excluding hydrogens is 184 g/mol. The van der Waals surface area contributed by atoms with Crippen molar-refractivity contribution in [3.05, 3.63) is 27.8 Å². The van der Waals surface area contributed by atoms with Gasteiger partial charge in [0.2, 0.25) is 0 Å². The average molecular weight is 206 g/mol. The second-order valence-corrected chi connectivity index (χ2v) is 4.09. The van der Waals surface area contributed by atoms with E-state index in [0.717, 1.165) is 30.4 Å². The lowest BCUT2D eigenvalue weighted by Crippen LogP contribution is -2.03. The summed E-state index contributed by atoms with van der Waals surface area (Å²) in [5.41, 5.74) is 6.25. The lowest BCUT2D eigenvalue weighted by molar-refractivity contribution is 0.460. The lowest BCUT2D eigenvalue weighted by atomic mass is 9.88. The predicted octanol–water partition coefficient (Wildman–Crippen LogP) is 3.70. The minimum absolute atomic E-state index is 0.542. The zero-order valence-electron chi connectivity index (χ0n) is 10.6. The molecule has 0 radical (unpaired) electrons. The molecule has 0 spiro atoms. The molecular formula is C14H22O. The molecule has 1 N–H and O–H groups in total. The fourth-order valence-electron chi connectivity index (χ4n) is 2.47. The molecule has 0 aliphatic heterocycles. The summed E-state index contributed by atoms with van der Waals surface area (Å²) in [5.74, 6) is 0.542. The number of phenolic OH excluding ortho intramolecular Hbond substituents is 1. The quantitative estimate of drug-likeness (QED) is 0.799. The molecule has 0 bridgehead atoms. The standard InChI is InChI=1S/C14H22O/c1-6-11-9(4)10(5)12(7-2)14(15)13(11)8-3/h15H,6-8H2,1-5H3. The van der Waals surface area contributed by atoms with Crippen LogP contribution in [0.15, 0.2) is 0 Å². The second-order valence-electron chi connectivity index (χ2n) is 4.09. The molecule has 1 rings (SSSR count). The Hall–Kier alpha value is -0.980. The van der Waals surface area contributed by atoms with Gasteiger partial charge >= 0.3 is 0 Å². The molecule has 1 aromatic rings. The highest BCUT2D eigenvalue weighted by molar-refractivity contribution is 5.54. The largest absolute Gasteiger partial charge is 0.507 e. The monoisotopic (exact) mass is 206 g/mol. The van der Waals surface area contributed by atoms with Gasteiger partial charge in [0.1, 0.15) is 5.75 Å². The van der Waals surface area contributed by atoms with E-state index in [4.69, 9.17) is 0 Å². The van der Waals surface area contributed by atoms with E-state index in [1.165, 1.54) is 16.7 Å². The van der Waals surface area contributed by atoms with Crippen LogP contribution in [-0.2, 0) is 19.3 Å². The minimum Gasteiger partial charge on any atom is -0.507 e. The third-order valence-corrected chi connectivity index (χ3v) is 3.46. The number of hydrogen-bond donors (Lipinski definition) is 1. The third kappa shape index (κ3) is 1.88. The highest BCUT2D eigenvalue weighted by Gasteiger charge is 2.15. The number of rotatable bonds is 3. The van der Waals surface area contributed by atoms with E-state index in [0.29, 0.717) is 5.75 Å². The summed E-state index contributed by atoms with van der Waals surface area (Å²) in [4.78, 5) is 0. The van der Waals surface area contributed by atoms with Crippen molar-refractivity contribution < 1.29 is 5.11 Å². The summed E-state index contributed by atoms with van der Waals surface area (Å²) in [5, 5.41) is 10.2. The number of aromatic hydroxyl groups is 1. The third-order valence-electron chi connectivity index (χ3n) is 3.46. The molecule has 15 heavy (non-hydrogen) atoms. The summed E-state index contributed by atoms with van der Waals surface area (Å²) in [6.45, 7) is 10.7. The topological polar surface area (TPSA) is 20.2 Å². The Morgan fingerprint density at radius 3 is 1.53 bits per heavy atom. The second kappa shape index (κ2) is 4.69. The molecule has 1 nitrogen and oxygen atoms in total. The van der Waals surface area contributed by atoms with Gasteiger partial charge in [-0.25, -0.2) is 0 Å². The van der Waals surface area contributed by atoms with E-state index in [9.17, 15) is 5.11 Å². The van der Waals surface area contributed by atoms with Gasteiger partial charge in [0.25, 0.3) is 0 Å². The first-order valence-electron chi connectivity index (χ1n) is 5.91. The van der Waals surface area contributed by atoms with Gasteiger partial charge in [-0.1, -0.05) is 20.8 Å². The van der Waals surface area contributed by atoms with Crippen LogP contribution in [0.2, 0.25) is 0 Å². The number of phenols is 1. The van der Waals surface area contributed by atoms with Crippen molar-refractivity contribution in [3.8, 4) is 5.75 Å². The summed E-state index contributed by atoms with van der Waals surface area (Å²) >= 11 is 0. The van der Waals surface area contributed by atoms with Crippen LogP contribution in [-0.4, -0.2) is 5.11 Å². The van der Waals surface area contributed by atoms with Gasteiger partial charge in [0.05, 0.1) is 0 Å². The fourth-order valence-corrected chi connectivity index (χ4v) is 2.47. The Labute approximate surface area is 93.1 Å². The smallest absolute Gasteiger partial charge is 0.122 e. The highest BCUT2D eigenvalue weighted by Crippen LogP contribution is 2.33. The Balaban J connectivity index is 3.57. The van der Waals surface area contributed by atoms with E-state index in [2.05, 4.69) is 34.6 Å². The normalized spacial score (nSPS) is 10.7. The Morgan fingerprint density at radius 1 is 0.733 bits per heavy atom. The van der Waals surface area contributed by atoms with Gasteiger partial charge < -0.3 is 5.11 Å². The summed E-state index contributed by atoms with van der Waals surface area (Å²) in [6.07, 6.45) is 2.84. The molecule has 0 heterocycles. The van der Waals surface area contributed by atoms with Crippen molar-refractivity contribution in [2.45, 2.75) is 53.9 Å². The predicted molar refractivity (Wildman–Crippen MR) is 65.7 cm³/mol. The van der Waals surface area contributed by atoms with Crippen molar-refractivity contribution in [1.82, 2.24) is 0 Å². The van der Waals surface area contributed by atoms with Crippen molar-refractivity contribution >= 4 is 0 Å². The fraction of sp³-hybridized carbons (Fsp3) is 0.571. The van der Waals surface area contributed by atoms with Gasteiger partial charge in [0.15, 0.2) is 0 Å². The molecule has 0 aromatic heterocycles. The molecule has 0 atom stereocenters. The highest BCUT2D eigenvalue weighted by atomic mass is 16.3. The Kier molecular flexibility index (Phi) is 3.78. The van der Waals surface area contributed by atoms with E-state index in [1.807, 2.05) is 0 Å². The van der Waals surface area contributed by atoms with Crippen molar-refractivity contribution in [3.63, 3.8) is 0 Å². The van der Waals surface area contributed by atoms with Crippen LogP contribution in [0.3, 0.4) is 0 Å². The van der Waals surface area contributed by atoms with Crippen molar-refractivity contribution in [2.75, 3.05) is 0 Å². The van der Waals surface area contributed by atoms with E-state index in [-0.39, 0.29) is 0 Å². The molecule has 0 fully saturated rings. The van der Waals surface area contributed by atoms with Gasteiger partial charge in [-0.15, -0.1) is 0 Å². The maximum Gasteiger partial charge on any atom is 0.122 e. The maximum atomic E-state index is 10.2. The van der Waals surface area contributed by atoms with Crippen LogP contribution in [0.25, 0.3) is 0 Å². The SMILES string of the molecule is CCc1c(C)c(C)c(CC)c(CC)c1O. The van der Waals surface area contributed by atoms with E-state index >= 15 is 0 Å². The van der Waals surface area contributed by atoms with Gasteiger partial charge in [-0.05, 0) is 60.9 Å². The average Bonchev–Trinajstić information content (AvgIpc) is 2.23. The van der Waals surface area contributed by atoms with E-state index in [1.54, 1.807) is 0 Å². The molecule has 0 aliphatic rings. The molecule has 0 unspecified atom stereocenters. The van der Waals surface area contributed by atoms with E-state index < -0.39 is 0 Å². The van der Waals surface area contributed by atoms with Crippen LogP contribution in [0.4, 0.5) is 0 Å². The maximum absolute atomic E-state index is 10.2. The first-order chi connectivity index (χ1) is 7.08. The van der Waals surface area contributed by atoms with Crippen molar-refractivity contribution in [1.29, 1.82) is 0 Å². The number of benzene rings is 1. The molecule has 1 aromatic carbocycles. The van der Waals surface area contributed by atoms with Crippen LogP contribution in [0, 0.1) is 13.8 Å². The molecule has 84 valence electrons. The minimum atomic E-state index is 0.542. The molecule has 0 aliphatic carbocycles. The molecule has 0 saturated heterocycles. The molecule has 0 saturated carbocycles. The zero-order valence-corrected chi connectivity index (χ0v) is 10.6. The van der Waals surface area contributed by atoms with Gasteiger partial charge in [-0.3, -0.25) is 0 Å². The first-order valence-corrected chi connectivity index (χ1v) is 5.91. The zero-order chi connectivity index (χ0) is 11.6. The van der Waals surface area contributed by atoms with Gasteiger partial charge in [-0.2, -0.15) is 0 Å². The molecule has 0 amide bonds. The Bertz CT molecular complexity index is 364. The van der Waals surface area contributed by atoms with Crippen molar-refractivity contribution in [2.24, 2.45) is 0 Å². The Morgan fingerprint density at radius 2 is 1.13 bits per heavy atom. The van der Waals surface area contributed by atoms with Gasteiger partial charge in [0, 0.05) is 0 Å². The van der Waals surface area contributed by atoms with Crippen LogP contribution < -0.4 is 0 Å². The summed E-state index contributed by atoms with van der Waals surface area (Å²) < 4.78 is 0. The summed E-state index contributed by atoms with van der Waals surface area (Å²) in [7, 11) is 0. The first kappa shape index (κ1) is 12.1. The van der Waals surface area contributed by atoms with Crippen LogP contribution >= 0.6 is 0 Å².